The van der Waals surface area contributed by atoms with Crippen LogP contribution < -0.4 is 0 Å². The van der Waals surface area contributed by atoms with Crippen LogP contribution in [0.4, 0.5) is 0 Å². The van der Waals surface area contributed by atoms with Gasteiger partial charge in [0.2, 0.25) is 0 Å². The molecule has 0 radical (unpaired) electrons. The van der Waals surface area contributed by atoms with Gasteiger partial charge in [-0.15, -0.1) is 0 Å². The second kappa shape index (κ2) is 4.97. The topological polar surface area (TPSA) is 24.7 Å². The minimum atomic E-state index is 0. The van der Waals surface area contributed by atoms with E-state index in [1.165, 1.54) is 0 Å². The summed E-state index contributed by atoms with van der Waals surface area (Å²) in [6, 6.07) is 0. The zero-order chi connectivity index (χ0) is 6.57. The molecule has 0 atom stereocenters. The van der Waals surface area contributed by atoms with Gasteiger partial charge in [0.25, 0.3) is 0 Å². The van der Waals surface area contributed by atoms with Crippen molar-refractivity contribution >= 4 is 13.4 Å². The first-order valence-electron chi connectivity index (χ1n) is 2.04. The van der Waals surface area contributed by atoms with Crippen molar-refractivity contribution in [1.29, 1.82) is 0 Å². The van der Waals surface area contributed by atoms with Crippen LogP contribution in [0.5, 0.6) is 0 Å². The van der Waals surface area contributed by atoms with Gasteiger partial charge in [0, 0.05) is 0 Å². The second-order valence-electron chi connectivity index (χ2n) is 1.21. The highest BCUT2D eigenvalue weighted by molar-refractivity contribution is 5.39. The van der Waals surface area contributed by atoms with Crippen LogP contribution in [0.3, 0.4) is 0 Å². The average Bonchev–Trinajstić information content (AvgIpc) is 1.84. The molecule has 9 heavy (non-hydrogen) atoms. The smallest absolute Gasteiger partial charge is 0.0800 e. The lowest BCUT2D eigenvalue weighted by Gasteiger charge is -1.91. The summed E-state index contributed by atoms with van der Waals surface area (Å²) in [5, 5.41) is 0. The summed E-state index contributed by atoms with van der Waals surface area (Å²) in [5.74, 6) is 0. The number of nitrogens with zero attached hydrogens (tertiary/aromatic N) is 2. The molecule has 0 aromatic carbocycles. The van der Waals surface area contributed by atoms with Crippen molar-refractivity contribution in [2.75, 3.05) is 0 Å². The van der Waals surface area contributed by atoms with E-state index in [9.17, 15) is 0 Å². The summed E-state index contributed by atoms with van der Waals surface area (Å²) in [7, 11) is 0. The molecule has 0 spiro atoms. The standard InChI is InChI=1S/C6H8N2.CH4/c1-5(7-3)6(2)8-4;/h1-4H2;1H4. The van der Waals surface area contributed by atoms with Gasteiger partial charge in [-0.1, -0.05) is 20.6 Å². The van der Waals surface area contributed by atoms with Crippen LogP contribution in [-0.2, 0) is 0 Å². The maximum Gasteiger partial charge on any atom is 0.0800 e. The van der Waals surface area contributed by atoms with E-state index < -0.39 is 0 Å². The van der Waals surface area contributed by atoms with Gasteiger partial charge in [-0.25, -0.2) is 0 Å². The molecule has 0 N–H and O–H groups in total. The summed E-state index contributed by atoms with van der Waals surface area (Å²) in [5.41, 5.74) is 0.944. The minimum absolute atomic E-state index is 0. The normalized spacial score (nSPS) is 6.67. The fourth-order valence-corrected chi connectivity index (χ4v) is 0.183. The largest absolute Gasteiger partial charge is 0.263 e. The van der Waals surface area contributed by atoms with Gasteiger partial charge >= 0.3 is 0 Å². The zero-order valence-corrected chi connectivity index (χ0v) is 4.72. The zero-order valence-electron chi connectivity index (χ0n) is 4.72. The van der Waals surface area contributed by atoms with Gasteiger partial charge in [0.1, 0.15) is 0 Å². The van der Waals surface area contributed by atoms with E-state index >= 15 is 0 Å². The van der Waals surface area contributed by atoms with E-state index in [0.717, 1.165) is 0 Å². The predicted molar refractivity (Wildman–Crippen MR) is 44.1 cm³/mol. The molecule has 0 saturated carbocycles. The maximum atomic E-state index is 3.48. The number of hydrogen-bond donors (Lipinski definition) is 0. The maximum absolute atomic E-state index is 3.48. The van der Waals surface area contributed by atoms with Crippen LogP contribution in [0.2, 0.25) is 0 Å². The molecule has 50 valence electrons. The van der Waals surface area contributed by atoms with Gasteiger partial charge < -0.3 is 0 Å². The van der Waals surface area contributed by atoms with Crippen molar-refractivity contribution in [3.63, 3.8) is 0 Å². The van der Waals surface area contributed by atoms with E-state index in [0.29, 0.717) is 11.4 Å². The molecule has 0 rings (SSSR count). The molecule has 0 fully saturated rings. The highest BCUT2D eigenvalue weighted by atomic mass is 14.8. The van der Waals surface area contributed by atoms with Crippen molar-refractivity contribution in [3.8, 4) is 0 Å². The lowest BCUT2D eigenvalue weighted by Crippen LogP contribution is -1.74. The van der Waals surface area contributed by atoms with Gasteiger partial charge in [0.15, 0.2) is 0 Å². The number of rotatable bonds is 3. The second-order valence-corrected chi connectivity index (χ2v) is 1.21. The van der Waals surface area contributed by atoms with Gasteiger partial charge in [-0.05, 0) is 13.4 Å². The third kappa shape index (κ3) is 3.41. The Labute approximate surface area is 56.3 Å². The molecule has 0 aromatic rings. The molecule has 0 heterocycles. The lowest BCUT2D eigenvalue weighted by molar-refractivity contribution is 1.29. The van der Waals surface area contributed by atoms with Crippen molar-refractivity contribution in [2.24, 2.45) is 9.98 Å². The highest BCUT2D eigenvalue weighted by Gasteiger charge is 1.88. The molecule has 2 heteroatoms. The predicted octanol–water partition coefficient (Wildman–Crippen LogP) is 2.05. The van der Waals surface area contributed by atoms with E-state index in [2.05, 4.69) is 36.6 Å². The molecule has 0 aliphatic rings. The van der Waals surface area contributed by atoms with Crippen LogP contribution in [0, 0.1) is 0 Å². The van der Waals surface area contributed by atoms with E-state index in [1.807, 2.05) is 0 Å². The van der Waals surface area contributed by atoms with Gasteiger partial charge in [-0.3, -0.25) is 9.98 Å². The van der Waals surface area contributed by atoms with Crippen molar-refractivity contribution < 1.29 is 0 Å². The first kappa shape index (κ1) is 10.7. The fraction of sp³-hybridized carbons (Fsp3) is 0.143. The molecular weight excluding hydrogens is 112 g/mol. The molecule has 0 aliphatic carbocycles. The average molecular weight is 124 g/mol. The molecule has 0 amide bonds. The number of aliphatic imine (C=N–C) groups is 2. The first-order valence-corrected chi connectivity index (χ1v) is 2.04. The Hall–Kier alpha value is -1.18. The van der Waals surface area contributed by atoms with Gasteiger partial charge in [0.05, 0.1) is 11.4 Å². The Kier molecular flexibility index (Phi) is 5.93. The van der Waals surface area contributed by atoms with Crippen molar-refractivity contribution in [1.82, 2.24) is 0 Å². The van der Waals surface area contributed by atoms with Crippen LogP contribution in [0.15, 0.2) is 34.5 Å². The molecule has 0 bridgehead atoms. The lowest BCUT2D eigenvalue weighted by atomic mass is 10.4. The Bertz CT molecular complexity index is 127. The van der Waals surface area contributed by atoms with Crippen molar-refractivity contribution in [2.45, 2.75) is 7.43 Å². The van der Waals surface area contributed by atoms with E-state index in [1.54, 1.807) is 0 Å². The molecule has 0 aromatic heterocycles. The molecule has 0 unspecified atom stereocenters. The Balaban J connectivity index is 0. The Morgan fingerprint density at radius 1 is 0.889 bits per heavy atom. The quantitative estimate of drug-likeness (QED) is 0.406. The summed E-state index contributed by atoms with van der Waals surface area (Å²) in [4.78, 5) is 6.96. The first-order chi connectivity index (χ1) is 3.72. The van der Waals surface area contributed by atoms with Crippen molar-refractivity contribution in [3.05, 3.63) is 24.6 Å². The summed E-state index contributed by atoms with van der Waals surface area (Å²) in [6.07, 6.45) is 0. The van der Waals surface area contributed by atoms with Gasteiger partial charge in [-0.2, -0.15) is 0 Å². The fourth-order valence-electron chi connectivity index (χ4n) is 0.183. The van der Waals surface area contributed by atoms with E-state index in [4.69, 9.17) is 0 Å². The van der Waals surface area contributed by atoms with Crippen LogP contribution >= 0.6 is 0 Å². The molecule has 2 nitrogen and oxygen atoms in total. The Morgan fingerprint density at radius 3 is 1.22 bits per heavy atom. The molecule has 0 aliphatic heterocycles. The molecule has 0 saturated heterocycles. The summed E-state index contributed by atoms with van der Waals surface area (Å²) >= 11 is 0. The Morgan fingerprint density at radius 2 is 1.11 bits per heavy atom. The van der Waals surface area contributed by atoms with Crippen LogP contribution in [-0.4, -0.2) is 13.4 Å². The third-order valence-corrected chi connectivity index (χ3v) is 0.715. The highest BCUT2D eigenvalue weighted by Crippen LogP contribution is 2.04. The SMILES string of the molecule is C.C=NC(=C)C(=C)N=C. The third-order valence-electron chi connectivity index (χ3n) is 0.715. The minimum Gasteiger partial charge on any atom is -0.263 e. The van der Waals surface area contributed by atoms with Crippen LogP contribution in [0.25, 0.3) is 0 Å². The van der Waals surface area contributed by atoms with E-state index in [-0.39, 0.29) is 7.43 Å². The van der Waals surface area contributed by atoms with Crippen LogP contribution in [0.1, 0.15) is 7.43 Å². The monoisotopic (exact) mass is 124 g/mol. The number of hydrogen-bond acceptors (Lipinski definition) is 2. The molecular formula is C7H12N2. The summed E-state index contributed by atoms with van der Waals surface area (Å²) in [6.45, 7) is 13.4. The summed E-state index contributed by atoms with van der Waals surface area (Å²) < 4.78 is 0.